The minimum Gasteiger partial charge on any atom is -0.493 e. The highest BCUT2D eigenvalue weighted by Gasteiger charge is 2.27. The van der Waals surface area contributed by atoms with Crippen LogP contribution in [0.5, 0.6) is 5.75 Å². The monoisotopic (exact) mass is 602 g/mol. The molecule has 2 heterocycles. The van der Waals surface area contributed by atoms with Crippen molar-refractivity contribution in [3.63, 3.8) is 0 Å². The quantitative estimate of drug-likeness (QED) is 0.269. The third-order valence-corrected chi connectivity index (χ3v) is 6.93. The van der Waals surface area contributed by atoms with Crippen LogP contribution in [0.3, 0.4) is 0 Å². The number of para-hydroxylation sites is 2. The topological polar surface area (TPSA) is 135 Å². The van der Waals surface area contributed by atoms with Gasteiger partial charge in [0.15, 0.2) is 5.82 Å². The Morgan fingerprint density at radius 1 is 1.07 bits per heavy atom. The number of hydrogen-bond donors (Lipinski definition) is 3. The smallest absolute Gasteiger partial charge is 0.410 e. The average Bonchev–Trinajstić information content (AvgIpc) is 2.89. The summed E-state index contributed by atoms with van der Waals surface area (Å²) in [6, 6.07) is 14.3. The summed E-state index contributed by atoms with van der Waals surface area (Å²) in [4.78, 5) is 22.8. The maximum absolute atomic E-state index is 12.3. The number of carbonyl (C=O) groups excluding carboxylic acids is 1. The van der Waals surface area contributed by atoms with Crippen LogP contribution in [0.2, 0.25) is 5.02 Å². The molecule has 0 aliphatic carbocycles. The van der Waals surface area contributed by atoms with Crippen molar-refractivity contribution < 1.29 is 22.7 Å². The largest absolute Gasteiger partial charge is 0.493 e. The first-order chi connectivity index (χ1) is 19.3. The van der Waals surface area contributed by atoms with Gasteiger partial charge in [0.05, 0.1) is 30.4 Å². The molecule has 11 nitrogen and oxygen atoms in total. The van der Waals surface area contributed by atoms with Crippen LogP contribution in [0.1, 0.15) is 33.6 Å². The van der Waals surface area contributed by atoms with Crippen LogP contribution < -0.4 is 20.1 Å². The Balaban J connectivity index is 1.35. The molecule has 0 saturated carbocycles. The number of hydrogen-bond acceptors (Lipinski definition) is 9. The molecule has 1 aliphatic heterocycles. The summed E-state index contributed by atoms with van der Waals surface area (Å²) >= 11 is 6.33. The number of anilines is 5. The van der Waals surface area contributed by atoms with Crippen molar-refractivity contribution in [2.45, 2.75) is 39.2 Å². The minimum absolute atomic E-state index is 0.263. The second-order valence-electron chi connectivity index (χ2n) is 10.8. The summed E-state index contributed by atoms with van der Waals surface area (Å²) in [5.41, 5.74) is 1.06. The van der Waals surface area contributed by atoms with Gasteiger partial charge in [0.1, 0.15) is 16.4 Å². The van der Waals surface area contributed by atoms with Crippen molar-refractivity contribution in [3.05, 3.63) is 59.8 Å². The van der Waals surface area contributed by atoms with Crippen LogP contribution in [0, 0.1) is 5.92 Å². The van der Waals surface area contributed by atoms with Crippen LogP contribution in [0.15, 0.2) is 54.7 Å². The first-order valence-corrected chi connectivity index (χ1v) is 15.5. The lowest BCUT2D eigenvalue weighted by molar-refractivity contribution is 0.0165. The van der Waals surface area contributed by atoms with Gasteiger partial charge in [0.25, 0.3) is 0 Å². The van der Waals surface area contributed by atoms with E-state index in [0.717, 1.165) is 24.8 Å². The van der Waals surface area contributed by atoms with E-state index in [2.05, 4.69) is 25.3 Å². The van der Waals surface area contributed by atoms with Crippen LogP contribution in [-0.2, 0) is 14.8 Å². The number of rotatable bonds is 9. The molecule has 3 N–H and O–H groups in total. The number of ether oxygens (including phenoxy) is 2. The number of likely N-dealkylation sites (tertiary alicyclic amines) is 1. The molecule has 1 amide bonds. The van der Waals surface area contributed by atoms with Gasteiger partial charge in [-0.2, -0.15) is 4.98 Å². The van der Waals surface area contributed by atoms with Crippen molar-refractivity contribution in [1.82, 2.24) is 14.9 Å². The number of nitrogens with one attached hydrogen (secondary N) is 3. The maximum Gasteiger partial charge on any atom is 0.410 e. The third kappa shape index (κ3) is 9.39. The Labute approximate surface area is 245 Å². The summed E-state index contributed by atoms with van der Waals surface area (Å²) in [6.07, 6.45) is 3.95. The Hall–Kier alpha value is -3.77. The van der Waals surface area contributed by atoms with Gasteiger partial charge >= 0.3 is 6.09 Å². The summed E-state index contributed by atoms with van der Waals surface area (Å²) in [6.45, 7) is 7.42. The highest BCUT2D eigenvalue weighted by Crippen LogP contribution is 2.30. The van der Waals surface area contributed by atoms with Crippen LogP contribution in [0.25, 0.3) is 0 Å². The number of nitrogens with zero attached hydrogens (tertiary/aromatic N) is 3. The zero-order chi connectivity index (χ0) is 29.6. The molecule has 1 aliphatic rings. The van der Waals surface area contributed by atoms with Gasteiger partial charge in [-0.05, 0) is 63.8 Å². The highest BCUT2D eigenvalue weighted by molar-refractivity contribution is 7.92. The van der Waals surface area contributed by atoms with Gasteiger partial charge in [-0.3, -0.25) is 4.72 Å². The van der Waals surface area contributed by atoms with E-state index in [0.29, 0.717) is 48.6 Å². The maximum atomic E-state index is 12.3. The minimum atomic E-state index is -3.48. The first-order valence-electron chi connectivity index (χ1n) is 13.2. The van der Waals surface area contributed by atoms with E-state index >= 15 is 0 Å². The van der Waals surface area contributed by atoms with E-state index in [1.54, 1.807) is 29.2 Å². The zero-order valence-electron chi connectivity index (χ0n) is 23.5. The zero-order valence-corrected chi connectivity index (χ0v) is 25.1. The molecule has 13 heteroatoms. The van der Waals surface area contributed by atoms with E-state index < -0.39 is 15.6 Å². The lowest BCUT2D eigenvalue weighted by atomic mass is 9.98. The Bertz CT molecular complexity index is 1470. The molecule has 1 saturated heterocycles. The lowest BCUT2D eigenvalue weighted by Crippen LogP contribution is -2.42. The number of halogens is 1. The first kappa shape index (κ1) is 30.2. The molecule has 1 aromatic heterocycles. The fourth-order valence-corrected chi connectivity index (χ4v) is 4.85. The van der Waals surface area contributed by atoms with Crippen molar-refractivity contribution >= 4 is 56.5 Å². The number of aromatic nitrogens is 2. The van der Waals surface area contributed by atoms with Crippen LogP contribution >= 0.6 is 11.6 Å². The van der Waals surface area contributed by atoms with E-state index in [4.69, 9.17) is 21.1 Å². The molecule has 0 atom stereocenters. The van der Waals surface area contributed by atoms with Crippen LogP contribution in [0.4, 0.5) is 33.6 Å². The lowest BCUT2D eigenvalue weighted by Gasteiger charge is -2.33. The number of amides is 1. The molecule has 3 aromatic rings. The molecule has 0 spiro atoms. The Morgan fingerprint density at radius 3 is 2.46 bits per heavy atom. The van der Waals surface area contributed by atoms with Crippen LogP contribution in [-0.4, -0.2) is 60.9 Å². The van der Waals surface area contributed by atoms with Gasteiger partial charge in [-0.25, -0.2) is 18.2 Å². The molecular weight excluding hydrogens is 568 g/mol. The van der Waals surface area contributed by atoms with E-state index in [1.165, 1.54) is 6.20 Å². The Kier molecular flexibility index (Phi) is 9.44. The van der Waals surface area contributed by atoms with Gasteiger partial charge in [-0.15, -0.1) is 0 Å². The number of sulfonamides is 1. The standard InChI is InChI=1S/C28H35ClN6O5S/c1-28(2,3)40-27(36)35-14-12-19(13-15-35)18-39-21-9-7-8-20(16-21)31-26-30-17-22(29)25(33-26)32-23-10-5-6-11-24(23)34-41(4,37)38/h5-11,16-17,19,34H,12-15,18H2,1-4H3,(H2,30,31,32,33). The second kappa shape index (κ2) is 12.8. The fraction of sp³-hybridized carbons (Fsp3) is 0.393. The fourth-order valence-electron chi connectivity index (χ4n) is 4.14. The average molecular weight is 603 g/mol. The number of carbonyl (C=O) groups is 1. The van der Waals surface area contributed by atoms with Gasteiger partial charge in [-0.1, -0.05) is 29.8 Å². The number of piperidine rings is 1. The summed E-state index contributed by atoms with van der Waals surface area (Å²) < 4.78 is 37.5. The molecule has 0 radical (unpaired) electrons. The molecule has 0 unspecified atom stereocenters. The molecule has 220 valence electrons. The molecule has 4 rings (SSSR count). The predicted octanol–water partition coefficient (Wildman–Crippen LogP) is 6.01. The van der Waals surface area contributed by atoms with E-state index in [-0.39, 0.29) is 17.1 Å². The Morgan fingerprint density at radius 2 is 1.78 bits per heavy atom. The summed E-state index contributed by atoms with van der Waals surface area (Å²) in [5.74, 6) is 1.62. The third-order valence-electron chi connectivity index (χ3n) is 6.06. The van der Waals surface area contributed by atoms with Crippen molar-refractivity contribution in [1.29, 1.82) is 0 Å². The number of benzene rings is 2. The van der Waals surface area contributed by atoms with E-state index in [1.807, 2.05) is 45.0 Å². The molecule has 2 aromatic carbocycles. The van der Waals surface area contributed by atoms with E-state index in [9.17, 15) is 13.2 Å². The van der Waals surface area contributed by atoms with Crippen molar-refractivity contribution in [3.8, 4) is 5.75 Å². The van der Waals surface area contributed by atoms with Gasteiger partial charge in [0.2, 0.25) is 16.0 Å². The molecule has 41 heavy (non-hydrogen) atoms. The SMILES string of the molecule is CC(C)(C)OC(=O)N1CCC(COc2cccc(Nc3ncc(Cl)c(Nc4ccccc4NS(C)(=O)=O)n3)c2)CC1. The normalized spacial score (nSPS) is 14.3. The molecule has 1 fully saturated rings. The second-order valence-corrected chi connectivity index (χ2v) is 13.0. The van der Waals surface area contributed by atoms with Crippen molar-refractivity contribution in [2.24, 2.45) is 5.92 Å². The summed E-state index contributed by atoms with van der Waals surface area (Å²) in [7, 11) is -3.48. The summed E-state index contributed by atoms with van der Waals surface area (Å²) in [5, 5.41) is 6.49. The predicted molar refractivity (Wildman–Crippen MR) is 161 cm³/mol. The molecule has 0 bridgehead atoms. The van der Waals surface area contributed by atoms with Crippen molar-refractivity contribution in [2.75, 3.05) is 41.3 Å². The van der Waals surface area contributed by atoms with Gasteiger partial charge in [0, 0.05) is 24.8 Å². The molecular formula is C28H35ClN6O5S. The van der Waals surface area contributed by atoms with Gasteiger partial charge < -0.3 is 25.0 Å². The highest BCUT2D eigenvalue weighted by atomic mass is 35.5.